The van der Waals surface area contributed by atoms with Gasteiger partial charge in [0.15, 0.2) is 0 Å². The van der Waals surface area contributed by atoms with Gasteiger partial charge in [-0.05, 0) is 36.5 Å². The smallest absolute Gasteiger partial charge is 0.273 e. The lowest BCUT2D eigenvalue weighted by Gasteiger charge is -2.32. The molecule has 1 aromatic rings. The number of rotatable bonds is 4. The van der Waals surface area contributed by atoms with E-state index in [1.54, 1.807) is 6.07 Å². The maximum atomic E-state index is 12.5. The van der Waals surface area contributed by atoms with Crippen LogP contribution in [0.25, 0.3) is 0 Å². The molecule has 0 aliphatic carbocycles. The number of carbonyl (C=O) groups is 3. The first kappa shape index (κ1) is 14.7. The monoisotopic (exact) mass is 302 g/mol. The van der Waals surface area contributed by atoms with E-state index in [0.717, 1.165) is 16.1 Å². The maximum Gasteiger partial charge on any atom is 0.273 e. The highest BCUT2D eigenvalue weighted by Gasteiger charge is 2.39. The summed E-state index contributed by atoms with van der Waals surface area (Å²) in [6.07, 6.45) is 2.48. The number of imide groups is 1. The lowest BCUT2D eigenvalue weighted by atomic mass is 10.0. The fourth-order valence-corrected chi connectivity index (χ4v) is 2.94. The summed E-state index contributed by atoms with van der Waals surface area (Å²) in [4.78, 5) is 36.5. The fraction of sp³-hybridized carbons (Fsp3) is 0.438. The van der Waals surface area contributed by atoms with Gasteiger partial charge < -0.3 is 5.11 Å². The molecule has 3 rings (SSSR count). The molecule has 2 heterocycles. The molecule has 1 N–H and O–H groups in total. The van der Waals surface area contributed by atoms with Crippen molar-refractivity contribution in [3.8, 4) is 0 Å². The Kier molecular flexibility index (Phi) is 3.94. The lowest BCUT2D eigenvalue weighted by Crippen LogP contribution is -2.51. The van der Waals surface area contributed by atoms with Crippen LogP contribution >= 0.6 is 0 Å². The van der Waals surface area contributed by atoms with Crippen molar-refractivity contribution in [1.29, 1.82) is 0 Å². The largest absolute Gasteiger partial charge is 0.396 e. The van der Waals surface area contributed by atoms with E-state index in [1.807, 2.05) is 12.1 Å². The van der Waals surface area contributed by atoms with Gasteiger partial charge in [0.05, 0.1) is 6.54 Å². The SMILES string of the molecule is O=C1c2cc(CCCO)ccc2CN1N1C(=O)CCCC1=O. The van der Waals surface area contributed by atoms with E-state index >= 15 is 0 Å². The summed E-state index contributed by atoms with van der Waals surface area (Å²) in [6, 6.07) is 5.58. The van der Waals surface area contributed by atoms with Crippen molar-refractivity contribution in [3.05, 3.63) is 34.9 Å². The number of hydrogen-bond donors (Lipinski definition) is 1. The number of amides is 3. The molecule has 0 unspecified atom stereocenters. The first-order chi connectivity index (χ1) is 10.6. The first-order valence-electron chi connectivity index (χ1n) is 7.52. The van der Waals surface area contributed by atoms with Crippen molar-refractivity contribution < 1.29 is 19.5 Å². The molecule has 0 saturated carbocycles. The van der Waals surface area contributed by atoms with Crippen LogP contribution in [0.1, 0.15) is 47.2 Å². The molecule has 0 spiro atoms. The van der Waals surface area contributed by atoms with Crippen LogP contribution in [0.3, 0.4) is 0 Å². The highest BCUT2D eigenvalue weighted by Crippen LogP contribution is 2.28. The number of carbonyl (C=O) groups excluding carboxylic acids is 3. The molecule has 1 aromatic carbocycles. The topological polar surface area (TPSA) is 77.9 Å². The summed E-state index contributed by atoms with van der Waals surface area (Å²) in [5, 5.41) is 11.2. The Bertz CT molecular complexity index is 625. The molecule has 0 bridgehead atoms. The minimum Gasteiger partial charge on any atom is -0.396 e. The predicted molar refractivity (Wildman–Crippen MR) is 77.4 cm³/mol. The van der Waals surface area contributed by atoms with Gasteiger partial charge in [0.1, 0.15) is 0 Å². The average Bonchev–Trinajstić information content (AvgIpc) is 2.82. The van der Waals surface area contributed by atoms with Gasteiger partial charge in [-0.25, -0.2) is 5.01 Å². The third kappa shape index (κ3) is 2.50. The summed E-state index contributed by atoms with van der Waals surface area (Å²) < 4.78 is 0. The van der Waals surface area contributed by atoms with E-state index in [9.17, 15) is 14.4 Å². The number of hydrogen-bond acceptors (Lipinski definition) is 4. The number of aliphatic hydroxyl groups excluding tert-OH is 1. The van der Waals surface area contributed by atoms with E-state index in [2.05, 4.69) is 0 Å². The summed E-state index contributed by atoms with van der Waals surface area (Å²) in [5.74, 6) is -0.916. The van der Waals surface area contributed by atoms with Gasteiger partial charge in [0.2, 0.25) is 11.8 Å². The van der Waals surface area contributed by atoms with Gasteiger partial charge in [-0.2, -0.15) is 5.01 Å². The molecule has 0 radical (unpaired) electrons. The molecule has 0 aromatic heterocycles. The second-order valence-electron chi connectivity index (χ2n) is 5.63. The molecule has 0 atom stereocenters. The van der Waals surface area contributed by atoms with Crippen LogP contribution in [0.4, 0.5) is 0 Å². The molecule has 1 fully saturated rings. The molecule has 22 heavy (non-hydrogen) atoms. The molecular weight excluding hydrogens is 284 g/mol. The molecule has 6 heteroatoms. The number of aryl methyl sites for hydroxylation is 1. The fourth-order valence-electron chi connectivity index (χ4n) is 2.94. The van der Waals surface area contributed by atoms with Crippen molar-refractivity contribution in [2.24, 2.45) is 0 Å². The van der Waals surface area contributed by atoms with Crippen LogP contribution < -0.4 is 0 Å². The molecule has 1 saturated heterocycles. The van der Waals surface area contributed by atoms with E-state index in [1.165, 1.54) is 5.01 Å². The van der Waals surface area contributed by atoms with Crippen LogP contribution in [0, 0.1) is 0 Å². The van der Waals surface area contributed by atoms with Crippen molar-refractivity contribution in [2.75, 3.05) is 6.61 Å². The Hall–Kier alpha value is -2.21. The number of benzene rings is 1. The van der Waals surface area contributed by atoms with Gasteiger partial charge in [0.25, 0.3) is 5.91 Å². The molecule has 6 nitrogen and oxygen atoms in total. The number of nitrogens with zero attached hydrogens (tertiary/aromatic N) is 2. The van der Waals surface area contributed by atoms with Crippen LogP contribution in [0.15, 0.2) is 18.2 Å². The van der Waals surface area contributed by atoms with E-state index in [4.69, 9.17) is 5.11 Å². The maximum absolute atomic E-state index is 12.5. The zero-order valence-corrected chi connectivity index (χ0v) is 12.2. The van der Waals surface area contributed by atoms with Crippen molar-refractivity contribution >= 4 is 17.7 Å². The third-order valence-corrected chi connectivity index (χ3v) is 4.08. The third-order valence-electron chi connectivity index (χ3n) is 4.08. The summed E-state index contributed by atoms with van der Waals surface area (Å²) in [6.45, 7) is 0.361. The van der Waals surface area contributed by atoms with Crippen molar-refractivity contribution in [2.45, 2.75) is 38.6 Å². The Labute approximate surface area is 128 Å². The van der Waals surface area contributed by atoms with Crippen molar-refractivity contribution in [3.63, 3.8) is 0 Å². The number of hydrazine groups is 1. The normalized spacial score (nSPS) is 18.1. The van der Waals surface area contributed by atoms with E-state index in [0.29, 0.717) is 37.7 Å². The first-order valence-corrected chi connectivity index (χ1v) is 7.52. The quantitative estimate of drug-likeness (QED) is 0.842. The zero-order chi connectivity index (χ0) is 15.7. The summed E-state index contributed by atoms with van der Waals surface area (Å²) in [5.41, 5.74) is 2.34. The van der Waals surface area contributed by atoms with E-state index in [-0.39, 0.29) is 30.9 Å². The van der Waals surface area contributed by atoms with Gasteiger partial charge in [-0.3, -0.25) is 14.4 Å². The van der Waals surface area contributed by atoms with Crippen LogP contribution in [-0.4, -0.2) is 39.5 Å². The summed E-state index contributed by atoms with van der Waals surface area (Å²) in [7, 11) is 0. The van der Waals surface area contributed by atoms with E-state index < -0.39 is 0 Å². The van der Waals surface area contributed by atoms with Crippen LogP contribution in [0.5, 0.6) is 0 Å². The average molecular weight is 302 g/mol. The Morgan fingerprint density at radius 2 is 1.82 bits per heavy atom. The number of aliphatic hydroxyl groups is 1. The zero-order valence-electron chi connectivity index (χ0n) is 12.2. The van der Waals surface area contributed by atoms with Gasteiger partial charge in [0, 0.05) is 25.0 Å². The standard InChI is InChI=1S/C16H18N2O4/c19-8-2-3-11-6-7-12-10-17(16(22)13(12)9-11)18-14(20)4-1-5-15(18)21/h6-7,9,19H,1-5,8,10H2. The Morgan fingerprint density at radius 1 is 1.09 bits per heavy atom. The minimum absolute atomic E-state index is 0.105. The predicted octanol–water partition coefficient (Wildman–Crippen LogP) is 1.02. The van der Waals surface area contributed by atoms with Crippen LogP contribution in [-0.2, 0) is 22.6 Å². The lowest BCUT2D eigenvalue weighted by molar-refractivity contribution is -0.163. The molecule has 116 valence electrons. The second kappa shape index (κ2) is 5.88. The molecule has 2 aliphatic rings. The number of fused-ring (bicyclic) bond motifs is 1. The van der Waals surface area contributed by atoms with Crippen molar-refractivity contribution in [1.82, 2.24) is 10.0 Å². The second-order valence-corrected chi connectivity index (χ2v) is 5.63. The Morgan fingerprint density at radius 3 is 2.50 bits per heavy atom. The molecule has 3 amide bonds. The molecular formula is C16H18N2O4. The van der Waals surface area contributed by atoms with Crippen LogP contribution in [0.2, 0.25) is 0 Å². The van der Waals surface area contributed by atoms with Gasteiger partial charge in [-0.1, -0.05) is 12.1 Å². The van der Waals surface area contributed by atoms with Gasteiger partial charge in [-0.15, -0.1) is 0 Å². The minimum atomic E-state index is -0.307. The summed E-state index contributed by atoms with van der Waals surface area (Å²) >= 11 is 0. The highest BCUT2D eigenvalue weighted by atomic mass is 16.3. The highest BCUT2D eigenvalue weighted by molar-refractivity contribution is 6.04. The molecule has 2 aliphatic heterocycles. The number of piperidine rings is 1. The Balaban J connectivity index is 1.84. The van der Waals surface area contributed by atoms with Gasteiger partial charge >= 0.3 is 0 Å².